The van der Waals surface area contributed by atoms with E-state index < -0.39 is 0 Å². The maximum Gasteiger partial charge on any atom is 0.178 e. The van der Waals surface area contributed by atoms with E-state index in [4.69, 9.17) is 4.74 Å². The van der Waals surface area contributed by atoms with Crippen LogP contribution in [0.3, 0.4) is 0 Å². The Balaban J connectivity index is 1.75. The molecule has 0 aliphatic carbocycles. The Morgan fingerprint density at radius 1 is 0.941 bits per heavy atom. The minimum Gasteiger partial charge on any atom is -0.379 e. The molecule has 1 N–H and O–H groups in total. The summed E-state index contributed by atoms with van der Waals surface area (Å²) in [7, 11) is 0. The lowest BCUT2D eigenvalue weighted by molar-refractivity contribution is -0.0599. The van der Waals surface area contributed by atoms with Gasteiger partial charge in [0.25, 0.3) is 0 Å². The summed E-state index contributed by atoms with van der Waals surface area (Å²) >= 11 is 4.16. The van der Waals surface area contributed by atoms with Crippen LogP contribution in [-0.2, 0) is 4.74 Å². The van der Waals surface area contributed by atoms with Crippen molar-refractivity contribution in [1.82, 2.24) is 15.1 Å². The van der Waals surface area contributed by atoms with Crippen LogP contribution in [0.5, 0.6) is 0 Å². The highest BCUT2D eigenvalue weighted by Crippen LogP contribution is 2.36. The maximum absolute atomic E-state index is 5.49. The number of hydrogen-bond acceptors (Lipinski definition) is 6. The maximum atomic E-state index is 5.49. The molecule has 0 bridgehead atoms. The molecule has 0 amide bonds. The summed E-state index contributed by atoms with van der Waals surface area (Å²) in [6.45, 7) is 7.43. The third-order valence-electron chi connectivity index (χ3n) is 3.64. The van der Waals surface area contributed by atoms with E-state index in [2.05, 4.69) is 38.6 Å². The molecule has 4 nitrogen and oxygen atoms in total. The molecule has 3 aliphatic heterocycles. The van der Waals surface area contributed by atoms with Crippen molar-refractivity contribution in [2.45, 2.75) is 5.12 Å². The number of nitrogens with zero attached hydrogens (tertiary/aromatic N) is 2. The van der Waals surface area contributed by atoms with Gasteiger partial charge in [0.15, 0.2) is 5.12 Å². The average Bonchev–Trinajstić information content (AvgIpc) is 2.91. The number of nitrogens with one attached hydrogen (secondary N) is 1. The summed E-state index contributed by atoms with van der Waals surface area (Å²) in [5.74, 6) is 3.77. The second-order valence-corrected chi connectivity index (χ2v) is 7.07. The Kier molecular flexibility index (Phi) is 4.19. The van der Waals surface area contributed by atoms with E-state index in [1.54, 1.807) is 0 Å². The Labute approximate surface area is 112 Å². The Morgan fingerprint density at radius 2 is 1.65 bits per heavy atom. The van der Waals surface area contributed by atoms with E-state index in [-0.39, 0.29) is 5.12 Å². The van der Waals surface area contributed by atoms with Crippen LogP contribution in [0, 0.1) is 0 Å². The largest absolute Gasteiger partial charge is 0.379 e. The van der Waals surface area contributed by atoms with E-state index >= 15 is 0 Å². The highest BCUT2D eigenvalue weighted by atomic mass is 32.2. The number of ether oxygens (including phenoxy) is 1. The Morgan fingerprint density at radius 3 is 2.29 bits per heavy atom. The third-order valence-corrected chi connectivity index (χ3v) is 6.05. The van der Waals surface area contributed by atoms with Gasteiger partial charge < -0.3 is 4.74 Å². The minimum absolute atomic E-state index is 0.0742. The summed E-state index contributed by atoms with van der Waals surface area (Å²) in [4.78, 5) is 5.23. The molecule has 3 aliphatic rings. The molecule has 3 saturated heterocycles. The molecule has 1 unspecified atom stereocenters. The molecule has 0 aromatic carbocycles. The molecule has 0 radical (unpaired) electrons. The zero-order valence-electron chi connectivity index (χ0n) is 10.2. The standard InChI is InChI=1S/C11H21N3OS2/c1-8-17-11(12-1,13-2-6-15-7-3-13)14-4-9-16-10-5-14/h12H,1-10H2. The van der Waals surface area contributed by atoms with Crippen LogP contribution in [0.25, 0.3) is 0 Å². The zero-order valence-corrected chi connectivity index (χ0v) is 11.8. The molecule has 3 fully saturated rings. The van der Waals surface area contributed by atoms with Gasteiger partial charge in [0.1, 0.15) is 0 Å². The third kappa shape index (κ3) is 2.48. The first-order valence-electron chi connectivity index (χ1n) is 6.46. The number of hydrogen-bond donors (Lipinski definition) is 1. The van der Waals surface area contributed by atoms with Crippen LogP contribution in [0.4, 0.5) is 0 Å². The van der Waals surface area contributed by atoms with Gasteiger partial charge in [-0.2, -0.15) is 11.8 Å². The van der Waals surface area contributed by atoms with Gasteiger partial charge in [0, 0.05) is 50.0 Å². The lowest BCUT2D eigenvalue weighted by Gasteiger charge is -2.50. The van der Waals surface area contributed by atoms with Crippen LogP contribution in [0.2, 0.25) is 0 Å². The van der Waals surface area contributed by atoms with Gasteiger partial charge in [0.2, 0.25) is 0 Å². The van der Waals surface area contributed by atoms with Gasteiger partial charge in [-0.1, -0.05) is 0 Å². The van der Waals surface area contributed by atoms with Crippen molar-refractivity contribution in [2.24, 2.45) is 0 Å². The van der Waals surface area contributed by atoms with Crippen LogP contribution in [0.1, 0.15) is 0 Å². The van der Waals surface area contributed by atoms with Crippen molar-refractivity contribution >= 4 is 23.5 Å². The summed E-state index contributed by atoms with van der Waals surface area (Å²) < 4.78 is 5.49. The SMILES string of the molecule is C1CSC(N2CCOCC2)(N2CCSCC2)N1. The van der Waals surface area contributed by atoms with Gasteiger partial charge >= 0.3 is 0 Å². The summed E-state index contributed by atoms with van der Waals surface area (Å²) in [6.07, 6.45) is 0. The van der Waals surface area contributed by atoms with Crippen molar-refractivity contribution in [3.05, 3.63) is 0 Å². The van der Waals surface area contributed by atoms with Crippen LogP contribution in [-0.4, -0.2) is 78.1 Å². The van der Waals surface area contributed by atoms with Gasteiger partial charge in [-0.3, -0.25) is 15.1 Å². The second-order valence-electron chi connectivity index (χ2n) is 4.58. The van der Waals surface area contributed by atoms with Crippen molar-refractivity contribution in [3.8, 4) is 0 Å². The molecule has 3 rings (SSSR count). The minimum atomic E-state index is 0.0742. The molecule has 3 heterocycles. The monoisotopic (exact) mass is 275 g/mol. The van der Waals surface area contributed by atoms with Crippen molar-refractivity contribution in [3.63, 3.8) is 0 Å². The Bertz CT molecular complexity index is 229. The predicted molar refractivity (Wildman–Crippen MR) is 74.5 cm³/mol. The number of thioether (sulfide) groups is 2. The first-order chi connectivity index (χ1) is 8.42. The molecule has 0 saturated carbocycles. The molecule has 0 aromatic rings. The average molecular weight is 275 g/mol. The highest BCUT2D eigenvalue weighted by molar-refractivity contribution is 8.00. The number of rotatable bonds is 2. The Hall–Kier alpha value is 0.540. The molecular formula is C11H21N3OS2. The summed E-state index contributed by atoms with van der Waals surface area (Å²) in [6, 6.07) is 0. The van der Waals surface area contributed by atoms with Crippen LogP contribution in [0.15, 0.2) is 0 Å². The summed E-state index contributed by atoms with van der Waals surface area (Å²) in [5.41, 5.74) is 0. The lowest BCUT2D eigenvalue weighted by Crippen LogP contribution is -2.67. The smallest absolute Gasteiger partial charge is 0.178 e. The van der Waals surface area contributed by atoms with Crippen molar-refractivity contribution in [1.29, 1.82) is 0 Å². The van der Waals surface area contributed by atoms with Crippen molar-refractivity contribution in [2.75, 3.05) is 63.2 Å². The molecule has 1 atom stereocenters. The normalized spacial score (nSPS) is 37.4. The first-order valence-corrected chi connectivity index (χ1v) is 8.60. The van der Waals surface area contributed by atoms with E-state index in [1.165, 1.54) is 30.3 Å². The van der Waals surface area contributed by atoms with E-state index in [0.717, 1.165) is 32.8 Å². The molecule has 0 spiro atoms. The highest BCUT2D eigenvalue weighted by Gasteiger charge is 2.46. The fraction of sp³-hybridized carbons (Fsp3) is 1.00. The van der Waals surface area contributed by atoms with E-state index in [1.807, 2.05) is 0 Å². The van der Waals surface area contributed by atoms with E-state index in [0.29, 0.717) is 0 Å². The zero-order chi connectivity index (χ0) is 11.6. The quantitative estimate of drug-likeness (QED) is 0.780. The van der Waals surface area contributed by atoms with E-state index in [9.17, 15) is 0 Å². The van der Waals surface area contributed by atoms with Gasteiger partial charge in [-0.25, -0.2) is 0 Å². The molecule has 0 aromatic heterocycles. The number of morpholine rings is 1. The van der Waals surface area contributed by atoms with Crippen LogP contribution < -0.4 is 5.32 Å². The van der Waals surface area contributed by atoms with Crippen molar-refractivity contribution < 1.29 is 4.74 Å². The first kappa shape index (κ1) is 12.6. The molecule has 98 valence electrons. The fourth-order valence-electron chi connectivity index (χ4n) is 2.80. The van der Waals surface area contributed by atoms with Crippen LogP contribution >= 0.6 is 23.5 Å². The fourth-order valence-corrected chi connectivity index (χ4v) is 5.12. The van der Waals surface area contributed by atoms with Gasteiger partial charge in [0.05, 0.1) is 13.2 Å². The molecule has 17 heavy (non-hydrogen) atoms. The lowest BCUT2D eigenvalue weighted by atomic mass is 10.3. The summed E-state index contributed by atoms with van der Waals surface area (Å²) in [5, 5.41) is 3.83. The van der Waals surface area contributed by atoms with Gasteiger partial charge in [-0.15, -0.1) is 11.8 Å². The second kappa shape index (κ2) is 5.67. The molecular weight excluding hydrogens is 254 g/mol. The predicted octanol–water partition coefficient (Wildman–Crippen LogP) is 0.315. The van der Waals surface area contributed by atoms with Gasteiger partial charge in [-0.05, 0) is 0 Å². The topological polar surface area (TPSA) is 27.7 Å². The molecule has 6 heteroatoms.